The molecule has 1 aliphatic heterocycles. The first kappa shape index (κ1) is 7.23. The Hall–Kier alpha value is -0.880. The number of rotatable bonds is 2. The predicted molar refractivity (Wildman–Crippen MR) is 36.2 cm³/mol. The van der Waals surface area contributed by atoms with Gasteiger partial charge in [0.2, 0.25) is 5.78 Å². The number of hydrogen-bond donors (Lipinski definition) is 1. The maximum absolute atomic E-state index is 10.6. The Morgan fingerprint density at radius 3 is 3.10 bits per heavy atom. The van der Waals surface area contributed by atoms with Crippen molar-refractivity contribution >= 4 is 5.78 Å². The Morgan fingerprint density at radius 2 is 2.60 bits per heavy atom. The van der Waals surface area contributed by atoms with Crippen LogP contribution in [0.2, 0.25) is 0 Å². The minimum absolute atomic E-state index is 0.284. The largest absolute Gasteiger partial charge is 0.316 e. The number of hydrogen-bond acceptors (Lipinski definition) is 3. The average molecular weight is 138 g/mol. The molecule has 0 saturated carbocycles. The number of carbonyl (C=O) groups excluding carboxylic acids is 1. The quantitative estimate of drug-likeness (QED) is 0.550. The molecule has 1 saturated heterocycles. The lowest BCUT2D eigenvalue weighted by Crippen LogP contribution is -2.11. The highest BCUT2D eigenvalue weighted by molar-refractivity contribution is 5.93. The molecule has 0 radical (unpaired) electrons. The zero-order valence-electron chi connectivity index (χ0n) is 5.76. The molecule has 1 heterocycles. The van der Waals surface area contributed by atoms with Gasteiger partial charge < -0.3 is 5.32 Å². The van der Waals surface area contributed by atoms with E-state index in [0.29, 0.717) is 12.3 Å². The lowest BCUT2D eigenvalue weighted by molar-refractivity contribution is -0.114. The van der Waals surface area contributed by atoms with Crippen LogP contribution >= 0.6 is 0 Å². The number of nitrogens with zero attached hydrogens (tertiary/aromatic N) is 1. The van der Waals surface area contributed by atoms with E-state index < -0.39 is 0 Å². The second-order valence-corrected chi connectivity index (χ2v) is 2.60. The van der Waals surface area contributed by atoms with E-state index in [4.69, 9.17) is 5.26 Å². The summed E-state index contributed by atoms with van der Waals surface area (Å²) in [5.41, 5.74) is 0. The van der Waals surface area contributed by atoms with Crippen LogP contribution in [-0.4, -0.2) is 18.9 Å². The van der Waals surface area contributed by atoms with Gasteiger partial charge in [-0.25, -0.2) is 0 Å². The molecule has 1 N–H and O–H groups in total. The zero-order valence-corrected chi connectivity index (χ0v) is 5.76. The summed E-state index contributed by atoms with van der Waals surface area (Å²) in [6.45, 7) is 1.89. The summed E-state index contributed by atoms with van der Waals surface area (Å²) >= 11 is 0. The summed E-state index contributed by atoms with van der Waals surface area (Å²) in [5, 5.41) is 11.3. The average Bonchev–Trinajstić information content (AvgIpc) is 2.40. The van der Waals surface area contributed by atoms with Crippen LogP contribution in [0.5, 0.6) is 0 Å². The van der Waals surface area contributed by atoms with E-state index in [-0.39, 0.29) is 5.78 Å². The van der Waals surface area contributed by atoms with Crippen molar-refractivity contribution in [1.82, 2.24) is 5.32 Å². The molecule has 1 unspecified atom stereocenters. The van der Waals surface area contributed by atoms with Crippen LogP contribution in [0, 0.1) is 17.2 Å². The molecule has 3 nitrogen and oxygen atoms in total. The third-order valence-corrected chi connectivity index (χ3v) is 1.76. The van der Waals surface area contributed by atoms with Crippen LogP contribution in [-0.2, 0) is 4.79 Å². The van der Waals surface area contributed by atoms with E-state index in [1.807, 2.05) is 0 Å². The van der Waals surface area contributed by atoms with Crippen LogP contribution in [0.3, 0.4) is 0 Å². The van der Waals surface area contributed by atoms with Gasteiger partial charge in [0, 0.05) is 6.42 Å². The molecule has 0 aromatic heterocycles. The molecule has 1 fully saturated rings. The molecule has 0 aromatic rings. The standard InChI is InChI=1S/C7H10N2O/c8-4-7(10)3-6-1-2-9-5-6/h6,9H,1-3,5H2. The summed E-state index contributed by atoms with van der Waals surface area (Å²) < 4.78 is 0. The van der Waals surface area contributed by atoms with Gasteiger partial charge in [-0.3, -0.25) is 4.79 Å². The van der Waals surface area contributed by atoms with E-state index in [0.717, 1.165) is 19.5 Å². The first-order valence-corrected chi connectivity index (χ1v) is 3.46. The van der Waals surface area contributed by atoms with Gasteiger partial charge in [-0.15, -0.1) is 0 Å². The van der Waals surface area contributed by atoms with Crippen molar-refractivity contribution in [3.8, 4) is 6.07 Å². The Kier molecular flexibility index (Phi) is 2.41. The number of nitriles is 1. The van der Waals surface area contributed by atoms with Crippen molar-refractivity contribution < 1.29 is 4.79 Å². The number of nitrogens with one attached hydrogen (secondary N) is 1. The third kappa shape index (κ3) is 1.82. The van der Waals surface area contributed by atoms with E-state index >= 15 is 0 Å². The second-order valence-electron chi connectivity index (χ2n) is 2.60. The molecular weight excluding hydrogens is 128 g/mol. The van der Waals surface area contributed by atoms with Gasteiger partial charge in [0.25, 0.3) is 0 Å². The molecule has 0 aromatic carbocycles. The van der Waals surface area contributed by atoms with Crippen LogP contribution < -0.4 is 5.32 Å². The minimum Gasteiger partial charge on any atom is -0.316 e. The van der Waals surface area contributed by atoms with Gasteiger partial charge in [-0.1, -0.05) is 0 Å². The van der Waals surface area contributed by atoms with E-state index in [9.17, 15) is 4.79 Å². The normalized spacial score (nSPS) is 24.1. The smallest absolute Gasteiger partial charge is 0.232 e. The zero-order chi connectivity index (χ0) is 7.40. The molecule has 0 bridgehead atoms. The Labute approximate surface area is 60.0 Å². The first-order valence-electron chi connectivity index (χ1n) is 3.46. The summed E-state index contributed by atoms with van der Waals surface area (Å²) in [5.74, 6) is 0.126. The monoisotopic (exact) mass is 138 g/mol. The Balaban J connectivity index is 2.25. The maximum Gasteiger partial charge on any atom is 0.232 e. The Morgan fingerprint density at radius 1 is 1.80 bits per heavy atom. The fourth-order valence-electron chi connectivity index (χ4n) is 1.20. The molecule has 0 amide bonds. The minimum atomic E-state index is -0.284. The van der Waals surface area contributed by atoms with Gasteiger partial charge in [0.1, 0.15) is 6.07 Å². The Bertz CT molecular complexity index is 165. The van der Waals surface area contributed by atoms with Gasteiger partial charge in [0.15, 0.2) is 0 Å². The van der Waals surface area contributed by atoms with E-state index in [1.165, 1.54) is 0 Å². The molecule has 1 aliphatic rings. The summed E-state index contributed by atoms with van der Waals surface area (Å²) in [7, 11) is 0. The van der Waals surface area contributed by atoms with Crippen LogP contribution in [0.25, 0.3) is 0 Å². The highest BCUT2D eigenvalue weighted by Gasteiger charge is 2.17. The lowest BCUT2D eigenvalue weighted by Gasteiger charge is -2.00. The SMILES string of the molecule is N#CC(=O)CC1CCNC1. The fourth-order valence-corrected chi connectivity index (χ4v) is 1.20. The third-order valence-electron chi connectivity index (χ3n) is 1.76. The van der Waals surface area contributed by atoms with Gasteiger partial charge in [0.05, 0.1) is 0 Å². The lowest BCUT2D eigenvalue weighted by atomic mass is 10.0. The van der Waals surface area contributed by atoms with Crippen LogP contribution in [0.1, 0.15) is 12.8 Å². The van der Waals surface area contributed by atoms with Crippen molar-refractivity contribution in [2.75, 3.05) is 13.1 Å². The number of carbonyl (C=O) groups is 1. The number of ketones is 1. The van der Waals surface area contributed by atoms with E-state index in [2.05, 4.69) is 5.32 Å². The van der Waals surface area contributed by atoms with Crippen molar-refractivity contribution in [1.29, 1.82) is 5.26 Å². The first-order chi connectivity index (χ1) is 4.83. The van der Waals surface area contributed by atoms with Crippen molar-refractivity contribution in [2.24, 2.45) is 5.92 Å². The summed E-state index contributed by atoms with van der Waals surface area (Å²) in [6, 6.07) is 1.63. The van der Waals surface area contributed by atoms with Gasteiger partial charge in [-0.05, 0) is 25.4 Å². The molecule has 3 heteroatoms. The van der Waals surface area contributed by atoms with Gasteiger partial charge in [-0.2, -0.15) is 5.26 Å². The highest BCUT2D eigenvalue weighted by atomic mass is 16.1. The van der Waals surface area contributed by atoms with Crippen molar-refractivity contribution in [2.45, 2.75) is 12.8 Å². The predicted octanol–water partition coefficient (Wildman–Crippen LogP) is 0.0787. The van der Waals surface area contributed by atoms with Crippen LogP contribution in [0.4, 0.5) is 0 Å². The fraction of sp³-hybridized carbons (Fsp3) is 0.714. The molecule has 0 aliphatic carbocycles. The molecule has 10 heavy (non-hydrogen) atoms. The molecule has 54 valence electrons. The van der Waals surface area contributed by atoms with Crippen molar-refractivity contribution in [3.63, 3.8) is 0 Å². The van der Waals surface area contributed by atoms with E-state index in [1.54, 1.807) is 6.07 Å². The second kappa shape index (κ2) is 3.33. The maximum atomic E-state index is 10.6. The molecule has 1 atom stereocenters. The summed E-state index contributed by atoms with van der Waals surface area (Å²) in [6.07, 6.45) is 1.47. The topological polar surface area (TPSA) is 52.9 Å². The molecule has 0 spiro atoms. The molecular formula is C7H10N2O. The van der Waals surface area contributed by atoms with Crippen molar-refractivity contribution in [3.05, 3.63) is 0 Å². The van der Waals surface area contributed by atoms with Gasteiger partial charge >= 0.3 is 0 Å². The van der Waals surface area contributed by atoms with Crippen LogP contribution in [0.15, 0.2) is 0 Å². The number of Topliss-reactive ketones (excluding diaryl/α,β-unsaturated/α-hetero) is 1. The highest BCUT2D eigenvalue weighted by Crippen LogP contribution is 2.11. The molecule has 1 rings (SSSR count). The summed E-state index contributed by atoms with van der Waals surface area (Å²) in [4.78, 5) is 10.6.